The number of hydrogen-bond donors (Lipinski definition) is 3. The first kappa shape index (κ1) is 15.3. The summed E-state index contributed by atoms with van der Waals surface area (Å²) < 4.78 is 0. The predicted molar refractivity (Wildman–Crippen MR) is 78.8 cm³/mol. The van der Waals surface area contributed by atoms with Gasteiger partial charge in [0.1, 0.15) is 5.82 Å². The fourth-order valence-electron chi connectivity index (χ4n) is 1.65. The van der Waals surface area contributed by atoms with Crippen molar-refractivity contribution in [2.24, 2.45) is 5.92 Å². The zero-order chi connectivity index (χ0) is 14.1. The van der Waals surface area contributed by atoms with E-state index in [4.69, 9.17) is 5.73 Å². The van der Waals surface area contributed by atoms with Gasteiger partial charge in [-0.15, -0.1) is 0 Å². The number of rotatable bonds is 8. The Morgan fingerprint density at radius 1 is 1.32 bits per heavy atom. The van der Waals surface area contributed by atoms with Gasteiger partial charge in [0.05, 0.1) is 11.9 Å². The third-order valence-electron chi connectivity index (χ3n) is 2.61. The highest BCUT2D eigenvalue weighted by atomic mass is 16.1. The topological polar surface area (TPSA) is 80.0 Å². The molecule has 0 bridgehead atoms. The van der Waals surface area contributed by atoms with Gasteiger partial charge in [-0.25, -0.2) is 4.98 Å². The molecule has 5 heteroatoms. The zero-order valence-corrected chi connectivity index (χ0v) is 11.8. The highest BCUT2D eigenvalue weighted by Crippen LogP contribution is 2.05. The maximum absolute atomic E-state index is 11.4. The predicted octanol–water partition coefficient (Wildman–Crippen LogP) is 2.02. The second-order valence-corrected chi connectivity index (χ2v) is 5.06. The summed E-state index contributed by atoms with van der Waals surface area (Å²) in [5.41, 5.74) is 6.22. The van der Waals surface area contributed by atoms with E-state index in [1.54, 1.807) is 6.20 Å². The molecule has 0 radical (unpaired) electrons. The summed E-state index contributed by atoms with van der Waals surface area (Å²) in [4.78, 5) is 15.5. The highest BCUT2D eigenvalue weighted by Gasteiger charge is 2.03. The number of pyridine rings is 1. The number of hydrogen-bond acceptors (Lipinski definition) is 4. The Bertz CT molecular complexity index is 376. The van der Waals surface area contributed by atoms with E-state index in [2.05, 4.69) is 15.6 Å². The standard InChI is InChI=1S/C14H24N4O/c1-11(2)9-14(19)17-8-4-3-7-16-13-6-5-12(15)10-18-13/h5-6,10-11H,3-4,7-9,15H2,1-2H3,(H,16,18)(H,17,19). The summed E-state index contributed by atoms with van der Waals surface area (Å²) in [6.07, 6.45) is 4.20. The van der Waals surface area contributed by atoms with Gasteiger partial charge in [0.2, 0.25) is 5.91 Å². The molecule has 0 aliphatic rings. The first-order valence-electron chi connectivity index (χ1n) is 6.80. The van der Waals surface area contributed by atoms with E-state index < -0.39 is 0 Å². The van der Waals surface area contributed by atoms with E-state index in [0.717, 1.165) is 31.7 Å². The van der Waals surface area contributed by atoms with Crippen molar-refractivity contribution in [2.75, 3.05) is 24.1 Å². The first-order valence-corrected chi connectivity index (χ1v) is 6.80. The van der Waals surface area contributed by atoms with Crippen LogP contribution in [-0.2, 0) is 4.79 Å². The largest absolute Gasteiger partial charge is 0.397 e. The molecule has 0 fully saturated rings. The molecule has 0 spiro atoms. The molecule has 1 heterocycles. The van der Waals surface area contributed by atoms with Crippen LogP contribution in [0.5, 0.6) is 0 Å². The lowest BCUT2D eigenvalue weighted by molar-refractivity contribution is -0.121. The number of nitrogens with two attached hydrogens (primary N) is 1. The Labute approximate surface area is 115 Å². The molecule has 4 N–H and O–H groups in total. The summed E-state index contributed by atoms with van der Waals surface area (Å²) in [7, 11) is 0. The fourth-order valence-corrected chi connectivity index (χ4v) is 1.65. The summed E-state index contributed by atoms with van der Waals surface area (Å²) in [5, 5.41) is 6.13. The first-order chi connectivity index (χ1) is 9.08. The van der Waals surface area contributed by atoms with Gasteiger partial charge < -0.3 is 16.4 Å². The number of nitrogens with one attached hydrogen (secondary N) is 2. The van der Waals surface area contributed by atoms with Crippen LogP contribution in [0.1, 0.15) is 33.1 Å². The minimum absolute atomic E-state index is 0.142. The number of carbonyl (C=O) groups excluding carboxylic acids is 1. The Kier molecular flexibility index (Phi) is 6.71. The number of unbranched alkanes of at least 4 members (excludes halogenated alkanes) is 1. The van der Waals surface area contributed by atoms with Crippen LogP contribution >= 0.6 is 0 Å². The molecule has 0 unspecified atom stereocenters. The molecule has 1 rings (SSSR count). The van der Waals surface area contributed by atoms with Gasteiger partial charge in [0.25, 0.3) is 0 Å². The fraction of sp³-hybridized carbons (Fsp3) is 0.571. The van der Waals surface area contributed by atoms with Crippen molar-refractivity contribution < 1.29 is 4.79 Å². The molecule has 1 aromatic rings. The van der Waals surface area contributed by atoms with Crippen LogP contribution in [0.15, 0.2) is 18.3 Å². The molecule has 106 valence electrons. The number of nitrogen functional groups attached to an aromatic ring is 1. The summed E-state index contributed by atoms with van der Waals surface area (Å²) in [5.74, 6) is 1.39. The monoisotopic (exact) mass is 264 g/mol. The van der Waals surface area contributed by atoms with Gasteiger partial charge in [-0.3, -0.25) is 4.79 Å². The SMILES string of the molecule is CC(C)CC(=O)NCCCCNc1ccc(N)cn1. The Morgan fingerprint density at radius 2 is 2.05 bits per heavy atom. The van der Waals surface area contributed by atoms with Gasteiger partial charge >= 0.3 is 0 Å². The minimum Gasteiger partial charge on any atom is -0.397 e. The lowest BCUT2D eigenvalue weighted by Crippen LogP contribution is -2.25. The van der Waals surface area contributed by atoms with Crippen LogP contribution in [0.4, 0.5) is 11.5 Å². The van der Waals surface area contributed by atoms with Crippen LogP contribution in [0.2, 0.25) is 0 Å². The Morgan fingerprint density at radius 3 is 2.68 bits per heavy atom. The van der Waals surface area contributed by atoms with Gasteiger partial charge in [0.15, 0.2) is 0 Å². The maximum atomic E-state index is 11.4. The molecule has 5 nitrogen and oxygen atoms in total. The number of aromatic nitrogens is 1. The van der Waals surface area contributed by atoms with Gasteiger partial charge in [-0.1, -0.05) is 13.8 Å². The lowest BCUT2D eigenvalue weighted by atomic mass is 10.1. The van der Waals surface area contributed by atoms with E-state index in [9.17, 15) is 4.79 Å². The molecule has 0 aromatic carbocycles. The van der Waals surface area contributed by atoms with E-state index >= 15 is 0 Å². The molecule has 1 amide bonds. The average Bonchev–Trinajstić information content (AvgIpc) is 2.35. The van der Waals surface area contributed by atoms with E-state index in [1.165, 1.54) is 0 Å². The molecule has 19 heavy (non-hydrogen) atoms. The van der Waals surface area contributed by atoms with E-state index in [0.29, 0.717) is 18.0 Å². The Balaban J connectivity index is 2.02. The molecule has 0 saturated heterocycles. The van der Waals surface area contributed by atoms with Crippen molar-refractivity contribution in [1.29, 1.82) is 0 Å². The van der Waals surface area contributed by atoms with Crippen molar-refractivity contribution >= 4 is 17.4 Å². The van der Waals surface area contributed by atoms with Crippen molar-refractivity contribution in [2.45, 2.75) is 33.1 Å². The zero-order valence-electron chi connectivity index (χ0n) is 11.8. The van der Waals surface area contributed by atoms with E-state index in [-0.39, 0.29) is 5.91 Å². The smallest absolute Gasteiger partial charge is 0.220 e. The second kappa shape index (κ2) is 8.34. The van der Waals surface area contributed by atoms with E-state index in [1.807, 2.05) is 26.0 Å². The average molecular weight is 264 g/mol. The van der Waals surface area contributed by atoms with Gasteiger partial charge in [-0.05, 0) is 30.9 Å². The Hall–Kier alpha value is -1.78. The molecule has 0 aliphatic heterocycles. The number of nitrogens with zero attached hydrogens (tertiary/aromatic N) is 1. The van der Waals surface area contributed by atoms with Gasteiger partial charge in [-0.2, -0.15) is 0 Å². The third-order valence-corrected chi connectivity index (χ3v) is 2.61. The highest BCUT2D eigenvalue weighted by molar-refractivity contribution is 5.75. The summed E-state index contributed by atoms with van der Waals surface area (Å²) >= 11 is 0. The normalized spacial score (nSPS) is 10.5. The van der Waals surface area contributed by atoms with Crippen molar-refractivity contribution in [1.82, 2.24) is 10.3 Å². The minimum atomic E-state index is 0.142. The maximum Gasteiger partial charge on any atom is 0.220 e. The van der Waals surface area contributed by atoms with Crippen LogP contribution < -0.4 is 16.4 Å². The molecular weight excluding hydrogens is 240 g/mol. The molecule has 0 saturated carbocycles. The third kappa shape index (κ3) is 7.28. The van der Waals surface area contributed by atoms with Gasteiger partial charge in [0, 0.05) is 19.5 Å². The molecule has 1 aromatic heterocycles. The van der Waals surface area contributed by atoms with Crippen molar-refractivity contribution in [3.8, 4) is 0 Å². The number of amides is 1. The second-order valence-electron chi connectivity index (χ2n) is 5.06. The lowest BCUT2D eigenvalue weighted by Gasteiger charge is -2.08. The van der Waals surface area contributed by atoms with Crippen LogP contribution in [0.25, 0.3) is 0 Å². The van der Waals surface area contributed by atoms with Crippen LogP contribution in [-0.4, -0.2) is 24.0 Å². The van der Waals surface area contributed by atoms with Crippen LogP contribution in [0, 0.1) is 5.92 Å². The summed E-state index contributed by atoms with van der Waals surface area (Å²) in [6, 6.07) is 3.68. The van der Waals surface area contributed by atoms with Crippen molar-refractivity contribution in [3.05, 3.63) is 18.3 Å². The van der Waals surface area contributed by atoms with Crippen LogP contribution in [0.3, 0.4) is 0 Å². The number of carbonyl (C=O) groups is 1. The molecule has 0 aliphatic carbocycles. The molecule has 0 atom stereocenters. The molecular formula is C14H24N4O. The van der Waals surface area contributed by atoms with Crippen molar-refractivity contribution in [3.63, 3.8) is 0 Å². The number of anilines is 2. The quantitative estimate of drug-likeness (QED) is 0.628. The summed E-state index contributed by atoms with van der Waals surface area (Å²) in [6.45, 7) is 5.67.